The highest BCUT2D eigenvalue weighted by Gasteiger charge is 2.18. The molecular formula is C24H24N4. The maximum absolute atomic E-state index is 4.52. The number of hydrogen-bond acceptors (Lipinski definition) is 2. The van der Waals surface area contributed by atoms with Crippen molar-refractivity contribution in [3.63, 3.8) is 0 Å². The number of benzene rings is 2. The second-order valence-corrected chi connectivity index (χ2v) is 7.96. The molecule has 5 rings (SSSR count). The van der Waals surface area contributed by atoms with Gasteiger partial charge in [-0.3, -0.25) is 0 Å². The van der Waals surface area contributed by atoms with E-state index in [9.17, 15) is 0 Å². The van der Waals surface area contributed by atoms with Crippen molar-refractivity contribution in [1.29, 1.82) is 0 Å². The second kappa shape index (κ2) is 6.48. The maximum atomic E-state index is 4.52. The number of nitrogens with one attached hydrogen (secondary N) is 2. The molecule has 2 aromatic carbocycles. The Morgan fingerprint density at radius 3 is 1.86 bits per heavy atom. The van der Waals surface area contributed by atoms with Crippen LogP contribution < -0.4 is 0 Å². The normalized spacial score (nSPS) is 12.9. The first-order valence-corrected chi connectivity index (χ1v) is 9.92. The van der Waals surface area contributed by atoms with E-state index in [1.54, 1.807) is 0 Å². The quantitative estimate of drug-likeness (QED) is 0.490. The van der Waals surface area contributed by atoms with Crippen molar-refractivity contribution < 1.29 is 0 Å². The lowest BCUT2D eigenvalue weighted by Gasteiger charge is -2.21. The smallest absolute Gasteiger partial charge is 0.109 e. The highest BCUT2D eigenvalue weighted by molar-refractivity contribution is 5.79. The Morgan fingerprint density at radius 1 is 0.786 bits per heavy atom. The van der Waals surface area contributed by atoms with Crippen LogP contribution in [-0.4, -0.2) is 19.9 Å². The third-order valence-corrected chi connectivity index (χ3v) is 5.63. The molecule has 0 aliphatic heterocycles. The monoisotopic (exact) mass is 368 g/mol. The lowest BCUT2D eigenvalue weighted by Crippen LogP contribution is -2.04. The number of aromatic nitrogens is 4. The van der Waals surface area contributed by atoms with Gasteiger partial charge in [0.15, 0.2) is 0 Å². The van der Waals surface area contributed by atoms with Crippen LogP contribution in [0.5, 0.6) is 0 Å². The lowest BCUT2D eigenvalue weighted by atomic mass is 9.83. The van der Waals surface area contributed by atoms with E-state index >= 15 is 0 Å². The molecule has 0 radical (unpaired) electrons. The van der Waals surface area contributed by atoms with Crippen LogP contribution in [0.3, 0.4) is 0 Å². The molecule has 0 atom stereocenters. The Labute approximate surface area is 165 Å². The largest absolute Gasteiger partial charge is 0.342 e. The third-order valence-electron chi connectivity index (χ3n) is 5.63. The van der Waals surface area contributed by atoms with Gasteiger partial charge in [0.2, 0.25) is 0 Å². The van der Waals surface area contributed by atoms with Gasteiger partial charge in [-0.25, -0.2) is 9.97 Å². The lowest BCUT2D eigenvalue weighted by molar-refractivity contribution is 0.795. The summed E-state index contributed by atoms with van der Waals surface area (Å²) >= 11 is 0. The molecule has 1 aliphatic rings. The van der Waals surface area contributed by atoms with E-state index in [4.69, 9.17) is 0 Å². The van der Waals surface area contributed by atoms with E-state index in [0.29, 0.717) is 5.92 Å². The van der Waals surface area contributed by atoms with Gasteiger partial charge >= 0.3 is 0 Å². The average molecular weight is 368 g/mol. The van der Waals surface area contributed by atoms with Crippen molar-refractivity contribution in [3.05, 3.63) is 71.6 Å². The fourth-order valence-corrected chi connectivity index (χ4v) is 4.08. The molecule has 2 heterocycles. The molecule has 28 heavy (non-hydrogen) atoms. The average Bonchev–Trinajstić information content (AvgIpc) is 3.36. The van der Waals surface area contributed by atoms with Crippen LogP contribution in [0.1, 0.15) is 42.5 Å². The summed E-state index contributed by atoms with van der Waals surface area (Å²) in [4.78, 5) is 15.6. The third kappa shape index (κ3) is 2.85. The van der Waals surface area contributed by atoms with Crippen LogP contribution >= 0.6 is 0 Å². The Bertz CT molecular complexity index is 1160. The zero-order valence-electron chi connectivity index (χ0n) is 16.5. The van der Waals surface area contributed by atoms with Gasteiger partial charge in [0.1, 0.15) is 11.6 Å². The number of nitrogens with zero attached hydrogens (tertiary/aromatic N) is 2. The van der Waals surface area contributed by atoms with Crippen LogP contribution in [-0.2, 0) is 12.8 Å². The molecule has 1 aliphatic carbocycles. The summed E-state index contributed by atoms with van der Waals surface area (Å²) in [5, 5.41) is 0. The van der Waals surface area contributed by atoms with Crippen LogP contribution in [0.2, 0.25) is 0 Å². The maximum Gasteiger partial charge on any atom is 0.109 e. The zero-order valence-corrected chi connectivity index (χ0v) is 16.5. The van der Waals surface area contributed by atoms with E-state index < -0.39 is 0 Å². The SMILES string of the molecule is Cc1ncc(-c2ccc3c(c2)CCc2cc(-c4cnc(C(C)C)[nH]4)ccc2-3)[nH]1. The summed E-state index contributed by atoms with van der Waals surface area (Å²) in [7, 11) is 0. The van der Waals surface area contributed by atoms with E-state index in [1.807, 2.05) is 19.3 Å². The predicted octanol–water partition coefficient (Wildman–Crippen LogP) is 5.66. The Kier molecular flexibility index (Phi) is 3.93. The van der Waals surface area contributed by atoms with Gasteiger partial charge in [0.05, 0.1) is 23.8 Å². The number of fused-ring (bicyclic) bond motifs is 3. The molecule has 0 spiro atoms. The highest BCUT2D eigenvalue weighted by atomic mass is 14.9. The first-order chi connectivity index (χ1) is 13.6. The molecule has 0 bridgehead atoms. The molecule has 0 saturated heterocycles. The van der Waals surface area contributed by atoms with Crippen molar-refractivity contribution in [3.8, 4) is 33.6 Å². The van der Waals surface area contributed by atoms with Crippen LogP contribution in [0.4, 0.5) is 0 Å². The molecule has 0 saturated carbocycles. The minimum Gasteiger partial charge on any atom is -0.342 e. The molecule has 0 fully saturated rings. The number of H-pyrrole nitrogens is 2. The first kappa shape index (κ1) is 17.0. The van der Waals surface area contributed by atoms with E-state index in [1.165, 1.54) is 33.4 Å². The van der Waals surface area contributed by atoms with Crippen molar-refractivity contribution in [2.75, 3.05) is 0 Å². The van der Waals surface area contributed by atoms with Crippen molar-refractivity contribution in [1.82, 2.24) is 19.9 Å². The molecule has 2 N–H and O–H groups in total. The fourth-order valence-electron chi connectivity index (χ4n) is 4.08. The summed E-state index contributed by atoms with van der Waals surface area (Å²) < 4.78 is 0. The van der Waals surface area contributed by atoms with Gasteiger partial charge in [-0.05, 0) is 65.3 Å². The topological polar surface area (TPSA) is 57.4 Å². The van der Waals surface area contributed by atoms with Crippen molar-refractivity contribution >= 4 is 0 Å². The standard InChI is InChI=1S/C24H24N4/c1-14(2)24-26-13-23(28-24)19-7-9-21-17(11-19)5-4-16-10-18(6-8-20(16)21)22-12-25-15(3)27-22/h6-14H,4-5H2,1-3H3,(H,25,27)(H,26,28). The highest BCUT2D eigenvalue weighted by Crippen LogP contribution is 2.37. The number of aryl methyl sites for hydroxylation is 3. The van der Waals surface area contributed by atoms with Gasteiger partial charge in [-0.1, -0.05) is 38.1 Å². The van der Waals surface area contributed by atoms with Crippen molar-refractivity contribution in [2.45, 2.75) is 39.5 Å². The summed E-state index contributed by atoms with van der Waals surface area (Å²) in [5.74, 6) is 2.40. The van der Waals surface area contributed by atoms with E-state index in [2.05, 4.69) is 70.2 Å². The summed E-state index contributed by atoms with van der Waals surface area (Å²) in [6.07, 6.45) is 5.99. The Morgan fingerprint density at radius 2 is 1.36 bits per heavy atom. The molecule has 4 nitrogen and oxygen atoms in total. The van der Waals surface area contributed by atoms with Crippen LogP contribution in [0.25, 0.3) is 33.6 Å². The molecule has 4 aromatic rings. The molecule has 2 aromatic heterocycles. The first-order valence-electron chi connectivity index (χ1n) is 9.92. The molecule has 4 heteroatoms. The van der Waals surface area contributed by atoms with Crippen LogP contribution in [0.15, 0.2) is 48.8 Å². The van der Waals surface area contributed by atoms with Gasteiger partial charge in [-0.2, -0.15) is 0 Å². The number of rotatable bonds is 3. The minimum atomic E-state index is 0.408. The molecular weight excluding hydrogens is 344 g/mol. The summed E-state index contributed by atoms with van der Waals surface area (Å²) in [5.41, 5.74) is 10.1. The molecule has 0 amide bonds. The Hall–Kier alpha value is -3.14. The number of hydrogen-bond donors (Lipinski definition) is 2. The van der Waals surface area contributed by atoms with E-state index in [-0.39, 0.29) is 0 Å². The summed E-state index contributed by atoms with van der Waals surface area (Å²) in [6, 6.07) is 13.5. The zero-order chi connectivity index (χ0) is 19.3. The Balaban J connectivity index is 1.51. The number of aromatic amines is 2. The molecule has 140 valence electrons. The van der Waals surface area contributed by atoms with Crippen LogP contribution in [0, 0.1) is 6.92 Å². The predicted molar refractivity (Wildman–Crippen MR) is 113 cm³/mol. The van der Waals surface area contributed by atoms with E-state index in [0.717, 1.165) is 35.9 Å². The van der Waals surface area contributed by atoms with Crippen molar-refractivity contribution in [2.24, 2.45) is 0 Å². The summed E-state index contributed by atoms with van der Waals surface area (Å²) in [6.45, 7) is 6.30. The van der Waals surface area contributed by atoms with Gasteiger partial charge in [0.25, 0.3) is 0 Å². The second-order valence-electron chi connectivity index (χ2n) is 7.96. The number of imidazole rings is 2. The molecule has 0 unspecified atom stereocenters. The minimum absolute atomic E-state index is 0.408. The van der Waals surface area contributed by atoms with Gasteiger partial charge < -0.3 is 9.97 Å². The van der Waals surface area contributed by atoms with Gasteiger partial charge in [-0.15, -0.1) is 0 Å². The fraction of sp³-hybridized carbons (Fsp3) is 0.250. The van der Waals surface area contributed by atoms with Gasteiger partial charge in [0, 0.05) is 5.92 Å².